The van der Waals surface area contributed by atoms with Crippen LogP contribution in [0.25, 0.3) is 5.70 Å². The summed E-state index contributed by atoms with van der Waals surface area (Å²) in [5.41, 5.74) is 5.67. The van der Waals surface area contributed by atoms with E-state index in [4.69, 9.17) is 0 Å². The molecule has 1 atom stereocenters. The predicted molar refractivity (Wildman–Crippen MR) is 110 cm³/mol. The average Bonchev–Trinajstić information content (AvgIpc) is 2.98. The molecule has 1 aliphatic carbocycles. The van der Waals surface area contributed by atoms with Crippen LogP contribution in [0.3, 0.4) is 0 Å². The number of dihydropyridines is 1. The summed E-state index contributed by atoms with van der Waals surface area (Å²) in [6, 6.07) is 17.5. The molecule has 2 aromatic carbocycles. The zero-order chi connectivity index (χ0) is 19.0. The standard InChI is InChI=1S/C23H21NO2S/c1-3-13-27-23(26)18-14(2)24-21-16-11-7-8-12-17(16)22(25)20(21)19(18)15-9-5-4-6-10-15/h4-12,19,24H,3,13H2,1-2H3. The van der Waals surface area contributed by atoms with Crippen LogP contribution in [0.1, 0.15) is 47.7 Å². The maximum Gasteiger partial charge on any atom is 0.218 e. The Kier molecular flexibility index (Phi) is 4.75. The molecular formula is C23H21NO2S. The number of fused-ring (bicyclic) bond motifs is 2. The van der Waals surface area contributed by atoms with E-state index in [1.165, 1.54) is 11.8 Å². The van der Waals surface area contributed by atoms with Crippen LogP contribution in [-0.4, -0.2) is 16.7 Å². The van der Waals surface area contributed by atoms with Crippen molar-refractivity contribution in [2.45, 2.75) is 26.2 Å². The first-order valence-electron chi connectivity index (χ1n) is 9.21. The van der Waals surface area contributed by atoms with Crippen molar-refractivity contribution in [3.05, 3.63) is 88.1 Å². The molecule has 1 unspecified atom stereocenters. The summed E-state index contributed by atoms with van der Waals surface area (Å²) < 4.78 is 0. The van der Waals surface area contributed by atoms with Gasteiger partial charge in [0.15, 0.2) is 5.78 Å². The van der Waals surface area contributed by atoms with E-state index < -0.39 is 0 Å². The molecule has 0 spiro atoms. The summed E-state index contributed by atoms with van der Waals surface area (Å²) >= 11 is 1.33. The lowest BCUT2D eigenvalue weighted by atomic mass is 9.80. The highest BCUT2D eigenvalue weighted by atomic mass is 32.2. The SMILES string of the molecule is CCCSC(=O)C1=C(C)NC2=C(C(=O)c3ccccc32)C1c1ccccc1. The molecule has 0 amide bonds. The molecule has 0 fully saturated rings. The Balaban J connectivity index is 1.88. The van der Waals surface area contributed by atoms with E-state index in [9.17, 15) is 9.59 Å². The number of nitrogens with one attached hydrogen (secondary N) is 1. The minimum atomic E-state index is -0.334. The van der Waals surface area contributed by atoms with Gasteiger partial charge in [-0.1, -0.05) is 73.3 Å². The Morgan fingerprint density at radius 1 is 1.04 bits per heavy atom. The second kappa shape index (κ2) is 7.20. The van der Waals surface area contributed by atoms with Gasteiger partial charge in [0.25, 0.3) is 0 Å². The molecule has 27 heavy (non-hydrogen) atoms. The fraction of sp³-hybridized carbons (Fsp3) is 0.217. The number of Topliss-reactive ketones (excluding diaryl/α,β-unsaturated/α-hetero) is 1. The summed E-state index contributed by atoms with van der Waals surface area (Å²) in [6.45, 7) is 4.00. The summed E-state index contributed by atoms with van der Waals surface area (Å²) in [4.78, 5) is 26.3. The second-order valence-electron chi connectivity index (χ2n) is 6.81. The highest BCUT2D eigenvalue weighted by Gasteiger charge is 2.42. The van der Waals surface area contributed by atoms with Gasteiger partial charge in [0.2, 0.25) is 5.12 Å². The van der Waals surface area contributed by atoms with Gasteiger partial charge in [0, 0.05) is 39.6 Å². The number of benzene rings is 2. The quantitative estimate of drug-likeness (QED) is 0.823. The monoisotopic (exact) mass is 375 g/mol. The number of thioether (sulfide) groups is 1. The molecule has 136 valence electrons. The van der Waals surface area contributed by atoms with Gasteiger partial charge in [-0.05, 0) is 18.9 Å². The minimum Gasteiger partial charge on any atom is -0.358 e. The zero-order valence-corrected chi connectivity index (χ0v) is 16.2. The first kappa shape index (κ1) is 17.8. The number of ketones is 1. The van der Waals surface area contributed by atoms with Crippen molar-refractivity contribution in [2.75, 3.05) is 5.75 Å². The van der Waals surface area contributed by atoms with Gasteiger partial charge in [-0.3, -0.25) is 9.59 Å². The summed E-state index contributed by atoms with van der Waals surface area (Å²) in [5.74, 6) is 0.455. The molecule has 0 aromatic heterocycles. The highest BCUT2D eigenvalue weighted by molar-refractivity contribution is 8.14. The van der Waals surface area contributed by atoms with Crippen LogP contribution in [-0.2, 0) is 4.79 Å². The Hall–Kier alpha value is -2.59. The van der Waals surface area contributed by atoms with Crippen LogP contribution < -0.4 is 5.32 Å². The lowest BCUT2D eigenvalue weighted by Gasteiger charge is -2.29. The van der Waals surface area contributed by atoms with Gasteiger partial charge in [0.05, 0.1) is 5.70 Å². The molecule has 4 heteroatoms. The smallest absolute Gasteiger partial charge is 0.218 e. The van der Waals surface area contributed by atoms with Gasteiger partial charge < -0.3 is 5.32 Å². The molecule has 0 bridgehead atoms. The summed E-state index contributed by atoms with van der Waals surface area (Å²) in [5, 5.41) is 3.42. The minimum absolute atomic E-state index is 0.0141. The zero-order valence-electron chi connectivity index (χ0n) is 15.4. The van der Waals surface area contributed by atoms with E-state index in [1.54, 1.807) is 0 Å². The Bertz CT molecular complexity index is 988. The van der Waals surface area contributed by atoms with Crippen molar-refractivity contribution < 1.29 is 9.59 Å². The maximum absolute atomic E-state index is 13.3. The van der Waals surface area contributed by atoms with Crippen molar-refractivity contribution in [3.8, 4) is 0 Å². The first-order valence-corrected chi connectivity index (χ1v) is 10.2. The Morgan fingerprint density at radius 3 is 2.41 bits per heavy atom. The Labute approximate surface area is 163 Å². The third-order valence-corrected chi connectivity index (χ3v) is 6.13. The van der Waals surface area contributed by atoms with Crippen molar-refractivity contribution >= 4 is 28.4 Å². The molecule has 1 heterocycles. The van der Waals surface area contributed by atoms with Gasteiger partial charge in [0.1, 0.15) is 0 Å². The van der Waals surface area contributed by atoms with Crippen molar-refractivity contribution in [1.29, 1.82) is 0 Å². The molecule has 0 saturated heterocycles. The molecule has 1 aliphatic heterocycles. The molecule has 2 aliphatic rings. The summed E-state index contributed by atoms with van der Waals surface area (Å²) in [6.07, 6.45) is 0.935. The third kappa shape index (κ3) is 2.94. The predicted octanol–water partition coefficient (Wildman–Crippen LogP) is 4.92. The van der Waals surface area contributed by atoms with Gasteiger partial charge in [-0.25, -0.2) is 0 Å². The van der Waals surface area contributed by atoms with Crippen LogP contribution in [0, 0.1) is 0 Å². The number of carbonyl (C=O) groups excluding carboxylic acids is 2. The van der Waals surface area contributed by atoms with Crippen LogP contribution in [0.4, 0.5) is 0 Å². The molecule has 0 radical (unpaired) electrons. The average molecular weight is 375 g/mol. The van der Waals surface area contributed by atoms with E-state index in [-0.39, 0.29) is 16.8 Å². The van der Waals surface area contributed by atoms with Gasteiger partial charge >= 0.3 is 0 Å². The van der Waals surface area contributed by atoms with Gasteiger partial charge in [-0.2, -0.15) is 0 Å². The van der Waals surface area contributed by atoms with Crippen LogP contribution in [0.15, 0.2) is 71.4 Å². The largest absolute Gasteiger partial charge is 0.358 e. The first-order chi connectivity index (χ1) is 13.1. The van der Waals surface area contributed by atoms with Crippen molar-refractivity contribution in [2.24, 2.45) is 0 Å². The molecular weight excluding hydrogens is 354 g/mol. The van der Waals surface area contributed by atoms with E-state index >= 15 is 0 Å². The van der Waals surface area contributed by atoms with Crippen LogP contribution in [0.5, 0.6) is 0 Å². The molecule has 0 saturated carbocycles. The van der Waals surface area contributed by atoms with E-state index in [1.807, 2.05) is 61.5 Å². The number of hydrogen-bond donors (Lipinski definition) is 1. The lowest BCUT2D eigenvalue weighted by Crippen LogP contribution is -2.27. The van der Waals surface area contributed by atoms with E-state index in [0.29, 0.717) is 16.7 Å². The number of allylic oxidation sites excluding steroid dienone is 2. The molecule has 1 N–H and O–H groups in total. The number of rotatable bonds is 4. The molecule has 2 aromatic rings. The van der Waals surface area contributed by atoms with Crippen molar-refractivity contribution in [3.63, 3.8) is 0 Å². The van der Waals surface area contributed by atoms with Crippen molar-refractivity contribution in [1.82, 2.24) is 5.32 Å². The molecule has 3 nitrogen and oxygen atoms in total. The van der Waals surface area contributed by atoms with Crippen LogP contribution >= 0.6 is 11.8 Å². The number of hydrogen-bond acceptors (Lipinski definition) is 4. The Morgan fingerprint density at radius 2 is 1.70 bits per heavy atom. The fourth-order valence-electron chi connectivity index (χ4n) is 3.85. The molecule has 4 rings (SSSR count). The topological polar surface area (TPSA) is 46.2 Å². The highest BCUT2D eigenvalue weighted by Crippen LogP contribution is 2.47. The fourth-order valence-corrected chi connectivity index (χ4v) is 4.67. The lowest BCUT2D eigenvalue weighted by molar-refractivity contribution is -0.108. The van der Waals surface area contributed by atoms with E-state index in [2.05, 4.69) is 12.2 Å². The number of carbonyl (C=O) groups is 2. The maximum atomic E-state index is 13.3. The van der Waals surface area contributed by atoms with Gasteiger partial charge in [-0.15, -0.1) is 0 Å². The second-order valence-corrected chi connectivity index (χ2v) is 7.87. The third-order valence-electron chi connectivity index (χ3n) is 5.04. The normalized spacial score (nSPS) is 18.3. The van der Waals surface area contributed by atoms with E-state index in [0.717, 1.165) is 34.7 Å². The summed E-state index contributed by atoms with van der Waals surface area (Å²) in [7, 11) is 0. The van der Waals surface area contributed by atoms with Crippen LogP contribution in [0.2, 0.25) is 0 Å².